The summed E-state index contributed by atoms with van der Waals surface area (Å²) in [5, 5.41) is 7.73. The number of aromatic nitrogens is 2. The van der Waals surface area contributed by atoms with Crippen LogP contribution in [0, 0.1) is 5.92 Å². The van der Waals surface area contributed by atoms with E-state index in [-0.39, 0.29) is 0 Å². The van der Waals surface area contributed by atoms with Crippen LogP contribution in [0.3, 0.4) is 0 Å². The van der Waals surface area contributed by atoms with Gasteiger partial charge in [0.05, 0.1) is 17.3 Å². The molecular formula is C15H18N4O. The fourth-order valence-electron chi connectivity index (χ4n) is 3.73. The van der Waals surface area contributed by atoms with E-state index >= 15 is 0 Å². The molecule has 1 saturated carbocycles. The lowest BCUT2D eigenvalue weighted by atomic mass is 9.81. The Kier molecular flexibility index (Phi) is 2.49. The Morgan fingerprint density at radius 1 is 1.25 bits per heavy atom. The molecule has 2 aliphatic heterocycles. The predicted octanol–water partition coefficient (Wildman–Crippen LogP) is 1.65. The number of rotatable bonds is 2. The highest BCUT2D eigenvalue weighted by molar-refractivity contribution is 6.05. The van der Waals surface area contributed by atoms with Crippen LogP contribution in [0.5, 0.6) is 0 Å². The average molecular weight is 270 g/mol. The Labute approximate surface area is 117 Å². The molecule has 2 aromatic rings. The van der Waals surface area contributed by atoms with E-state index in [1.54, 1.807) is 12.3 Å². The number of hydrogen-bond acceptors (Lipinski definition) is 3. The van der Waals surface area contributed by atoms with Crippen LogP contribution >= 0.6 is 0 Å². The molecule has 1 amide bonds. The molecule has 5 nitrogen and oxygen atoms in total. The van der Waals surface area contributed by atoms with E-state index in [1.807, 2.05) is 16.9 Å². The Hall–Kier alpha value is -2.04. The summed E-state index contributed by atoms with van der Waals surface area (Å²) < 4.78 is 0. The highest BCUT2D eigenvalue weighted by Crippen LogP contribution is 2.34. The maximum atomic E-state index is 11.5. The van der Waals surface area contributed by atoms with Gasteiger partial charge in [0.1, 0.15) is 0 Å². The van der Waals surface area contributed by atoms with Gasteiger partial charge < -0.3 is 5.73 Å². The number of nitrogens with zero attached hydrogens (tertiary/aromatic N) is 3. The van der Waals surface area contributed by atoms with Crippen LogP contribution < -0.4 is 10.7 Å². The number of hydrogen-bond donors (Lipinski definition) is 1. The van der Waals surface area contributed by atoms with Gasteiger partial charge >= 0.3 is 0 Å². The van der Waals surface area contributed by atoms with Gasteiger partial charge in [0.25, 0.3) is 0 Å². The van der Waals surface area contributed by atoms with Gasteiger partial charge in [0, 0.05) is 18.0 Å². The molecule has 1 aliphatic carbocycles. The second-order valence-electron chi connectivity index (χ2n) is 5.93. The van der Waals surface area contributed by atoms with E-state index in [9.17, 15) is 4.79 Å². The van der Waals surface area contributed by atoms with E-state index in [4.69, 9.17) is 5.73 Å². The summed E-state index contributed by atoms with van der Waals surface area (Å²) in [6, 6.07) is 6.24. The van der Waals surface area contributed by atoms with Crippen molar-refractivity contribution in [3.05, 3.63) is 30.0 Å². The molecule has 0 atom stereocenters. The summed E-state index contributed by atoms with van der Waals surface area (Å²) in [5.41, 5.74) is 6.97. The molecular weight excluding hydrogens is 252 g/mol. The first-order valence-electron chi connectivity index (χ1n) is 7.27. The van der Waals surface area contributed by atoms with Crippen LogP contribution in [0.15, 0.2) is 24.4 Å². The van der Waals surface area contributed by atoms with Crippen LogP contribution in [0.25, 0.3) is 10.9 Å². The monoisotopic (exact) mass is 270 g/mol. The summed E-state index contributed by atoms with van der Waals surface area (Å²) in [7, 11) is 0. The van der Waals surface area contributed by atoms with Crippen molar-refractivity contribution in [3.63, 3.8) is 0 Å². The smallest absolute Gasteiger partial charge is 0.249 e. The van der Waals surface area contributed by atoms with Crippen molar-refractivity contribution >= 4 is 16.8 Å². The van der Waals surface area contributed by atoms with Gasteiger partial charge in [0.15, 0.2) is 0 Å². The van der Waals surface area contributed by atoms with E-state index in [2.05, 4.69) is 10.1 Å². The molecule has 20 heavy (non-hydrogen) atoms. The molecule has 3 fully saturated rings. The highest BCUT2D eigenvalue weighted by atomic mass is 16.1. The topological polar surface area (TPSA) is 64.2 Å². The van der Waals surface area contributed by atoms with Crippen LogP contribution in [0.2, 0.25) is 0 Å². The van der Waals surface area contributed by atoms with Gasteiger partial charge in [-0.05, 0) is 43.7 Å². The minimum Gasteiger partial charge on any atom is -0.366 e. The van der Waals surface area contributed by atoms with Crippen LogP contribution in [-0.2, 0) is 0 Å². The molecule has 3 aliphatic rings. The third-order valence-electron chi connectivity index (χ3n) is 4.79. The van der Waals surface area contributed by atoms with E-state index in [0.29, 0.717) is 11.6 Å². The molecule has 0 spiro atoms. The second kappa shape index (κ2) is 4.23. The van der Waals surface area contributed by atoms with Crippen molar-refractivity contribution in [2.24, 2.45) is 11.7 Å². The average Bonchev–Trinajstić information content (AvgIpc) is 2.91. The zero-order chi connectivity index (χ0) is 13.7. The summed E-state index contributed by atoms with van der Waals surface area (Å²) in [4.78, 5) is 13.5. The first-order valence-corrected chi connectivity index (χ1v) is 7.27. The van der Waals surface area contributed by atoms with Crippen LogP contribution in [0.1, 0.15) is 36.0 Å². The maximum absolute atomic E-state index is 11.5. The van der Waals surface area contributed by atoms with Gasteiger partial charge in [-0.25, -0.2) is 0 Å². The van der Waals surface area contributed by atoms with Gasteiger partial charge in [0.2, 0.25) is 5.91 Å². The molecule has 0 unspecified atom stereocenters. The number of carbonyl (C=O) groups is 1. The SMILES string of the molecule is NC(=O)c1cccc2c1cnn2N1CC2CCC1CC2. The number of carbonyl (C=O) groups excluding carboxylic acids is 1. The summed E-state index contributed by atoms with van der Waals surface area (Å²) in [5.74, 6) is 0.397. The van der Waals surface area contributed by atoms with Crippen molar-refractivity contribution in [2.75, 3.05) is 11.6 Å². The lowest BCUT2D eigenvalue weighted by Crippen LogP contribution is -2.54. The first-order chi connectivity index (χ1) is 9.74. The molecule has 2 saturated heterocycles. The number of benzene rings is 1. The Bertz CT molecular complexity index is 670. The number of primary amides is 1. The van der Waals surface area contributed by atoms with Crippen molar-refractivity contribution < 1.29 is 4.79 Å². The molecule has 0 radical (unpaired) electrons. The molecule has 1 aromatic heterocycles. The fourth-order valence-corrected chi connectivity index (χ4v) is 3.73. The largest absolute Gasteiger partial charge is 0.366 e. The number of nitrogens with two attached hydrogens (primary N) is 1. The summed E-state index contributed by atoms with van der Waals surface area (Å²) in [6.07, 6.45) is 6.95. The molecule has 104 valence electrons. The standard InChI is InChI=1S/C15H18N4O/c16-15(20)12-2-1-3-14-13(12)8-17-19(14)18-9-10-4-6-11(18)7-5-10/h1-3,8,10-11H,4-7,9H2,(H2,16,20). The predicted molar refractivity (Wildman–Crippen MR) is 77.1 cm³/mol. The Morgan fingerprint density at radius 3 is 2.70 bits per heavy atom. The van der Waals surface area contributed by atoms with Crippen molar-refractivity contribution in [1.29, 1.82) is 0 Å². The van der Waals surface area contributed by atoms with Crippen molar-refractivity contribution in [2.45, 2.75) is 31.7 Å². The van der Waals surface area contributed by atoms with Gasteiger partial charge in [-0.15, -0.1) is 0 Å². The fraction of sp³-hybridized carbons (Fsp3) is 0.467. The Balaban J connectivity index is 1.81. The summed E-state index contributed by atoms with van der Waals surface area (Å²) in [6.45, 7) is 1.07. The minimum atomic E-state index is -0.393. The molecule has 5 heteroatoms. The minimum absolute atomic E-state index is 0.393. The zero-order valence-corrected chi connectivity index (χ0v) is 11.3. The number of fused-ring (bicyclic) bond motifs is 4. The first kappa shape index (κ1) is 11.8. The van der Waals surface area contributed by atoms with Crippen molar-refractivity contribution in [3.8, 4) is 0 Å². The molecule has 5 rings (SSSR count). The lowest BCUT2D eigenvalue weighted by molar-refractivity contribution is 0.100. The Morgan fingerprint density at radius 2 is 2.05 bits per heavy atom. The van der Waals surface area contributed by atoms with Crippen molar-refractivity contribution in [1.82, 2.24) is 9.89 Å². The van der Waals surface area contributed by atoms with Gasteiger partial charge in [-0.3, -0.25) is 9.80 Å². The molecule has 3 heterocycles. The number of amides is 1. The quantitative estimate of drug-likeness (QED) is 0.902. The third kappa shape index (κ3) is 1.62. The summed E-state index contributed by atoms with van der Waals surface area (Å²) >= 11 is 0. The van der Waals surface area contributed by atoms with Crippen LogP contribution in [-0.4, -0.2) is 28.4 Å². The lowest BCUT2D eigenvalue weighted by Gasteiger charge is -2.46. The molecule has 2 bridgehead atoms. The van der Waals surface area contributed by atoms with Gasteiger partial charge in [-0.2, -0.15) is 9.89 Å². The highest BCUT2D eigenvalue weighted by Gasteiger charge is 2.35. The van der Waals surface area contributed by atoms with Crippen LogP contribution in [0.4, 0.5) is 0 Å². The van der Waals surface area contributed by atoms with E-state index in [0.717, 1.165) is 23.4 Å². The normalized spacial score (nSPS) is 25.3. The zero-order valence-electron chi connectivity index (χ0n) is 11.3. The molecule has 2 N–H and O–H groups in total. The van der Waals surface area contributed by atoms with E-state index < -0.39 is 5.91 Å². The molecule has 1 aromatic carbocycles. The maximum Gasteiger partial charge on any atom is 0.249 e. The van der Waals surface area contributed by atoms with E-state index in [1.165, 1.54) is 25.7 Å². The second-order valence-corrected chi connectivity index (χ2v) is 5.93. The number of piperidine rings is 2. The third-order valence-corrected chi connectivity index (χ3v) is 4.79. The van der Waals surface area contributed by atoms with Gasteiger partial charge in [-0.1, -0.05) is 6.07 Å².